The van der Waals surface area contributed by atoms with Crippen molar-refractivity contribution in [3.05, 3.63) is 12.7 Å². The zero-order chi connectivity index (χ0) is 34.8. The van der Waals surface area contributed by atoms with Crippen molar-refractivity contribution in [1.29, 1.82) is 0 Å². The summed E-state index contributed by atoms with van der Waals surface area (Å²) in [6, 6.07) is -1.25. The number of carbonyl (C=O) groups is 1. The highest BCUT2D eigenvalue weighted by atomic mass is 31.3. The number of aliphatic hydroxyl groups is 5. The number of nitrogen functional groups attached to an aromatic ring is 1. The lowest BCUT2D eigenvalue weighted by Gasteiger charge is -2.40. The number of ether oxygens (including phenoxy) is 2. The quantitative estimate of drug-likeness (QED) is 0.102. The number of hydrogen-bond acceptors (Lipinski definition) is 18. The number of imidazole rings is 1. The van der Waals surface area contributed by atoms with Crippen molar-refractivity contribution in [1.82, 2.24) is 24.8 Å². The van der Waals surface area contributed by atoms with Crippen LogP contribution in [0.1, 0.15) is 13.2 Å². The molecule has 2 aromatic heterocycles. The maximum absolute atomic E-state index is 11.5. The predicted molar refractivity (Wildman–Crippen MR) is 143 cm³/mol. The fourth-order valence-corrected chi connectivity index (χ4v) is 6.06. The Morgan fingerprint density at radius 1 is 0.891 bits per heavy atom. The smallest absolute Gasteiger partial charge is 0.388 e. The molecule has 0 aliphatic carbocycles. The molecule has 10 atom stereocenters. The molecule has 262 valence electrons. The van der Waals surface area contributed by atoms with Gasteiger partial charge in [0.1, 0.15) is 54.5 Å². The molecule has 28 heteroatoms. The molecule has 25 nitrogen and oxygen atoms in total. The summed E-state index contributed by atoms with van der Waals surface area (Å²) in [6.07, 6.45) is -9.35. The molecular weight excluding hydrogens is 697 g/mol. The van der Waals surface area contributed by atoms with E-state index in [2.05, 4.69) is 33.6 Å². The van der Waals surface area contributed by atoms with Crippen molar-refractivity contribution in [3.8, 4) is 0 Å². The van der Waals surface area contributed by atoms with Gasteiger partial charge in [-0.05, 0) is 0 Å². The molecule has 2 fully saturated rings. The number of amides is 1. The van der Waals surface area contributed by atoms with Gasteiger partial charge in [0.25, 0.3) is 0 Å². The lowest BCUT2D eigenvalue weighted by molar-refractivity contribution is -0.252. The minimum Gasteiger partial charge on any atom is -0.388 e. The average Bonchev–Trinajstić information content (AvgIpc) is 3.47. The van der Waals surface area contributed by atoms with Gasteiger partial charge in [-0.25, -0.2) is 28.6 Å². The van der Waals surface area contributed by atoms with Gasteiger partial charge in [0.2, 0.25) is 5.91 Å². The predicted octanol–water partition coefficient (Wildman–Crippen LogP) is -4.71. The molecule has 4 rings (SSSR count). The highest BCUT2D eigenvalue weighted by molar-refractivity contribution is 7.60. The molecule has 0 aromatic carbocycles. The lowest BCUT2D eigenvalue weighted by atomic mass is 9.97. The number of aromatic nitrogens is 4. The first-order valence-electron chi connectivity index (χ1n) is 12.5. The number of carbonyl (C=O) groups excluding carboxylic acids is 1. The van der Waals surface area contributed by atoms with Gasteiger partial charge in [-0.3, -0.25) is 18.4 Å². The van der Waals surface area contributed by atoms with E-state index in [1.807, 2.05) is 0 Å². The Hall–Kier alpha value is -2.09. The number of nitrogens with one attached hydrogen (secondary N) is 1. The second-order valence-electron chi connectivity index (χ2n) is 9.52. The van der Waals surface area contributed by atoms with Crippen LogP contribution in [0.15, 0.2) is 12.7 Å². The Bertz CT molecular complexity index is 1500. The van der Waals surface area contributed by atoms with Gasteiger partial charge in [0.05, 0.1) is 19.5 Å². The molecule has 4 heterocycles. The molecule has 0 radical (unpaired) electrons. The van der Waals surface area contributed by atoms with Crippen LogP contribution in [0.3, 0.4) is 0 Å². The third-order valence-corrected chi connectivity index (χ3v) is 8.74. The van der Waals surface area contributed by atoms with Crippen molar-refractivity contribution in [3.63, 3.8) is 0 Å². The SMILES string of the molecule is CC(=O)N[C@H]1C(O)O[C@H](COP(=O)(O)O)[C@@H](O)[C@@H]1O.Nc1ncnc2c1ncn2[C@@H]1O[C@H](COP(=O)(O)OP(=O)(O)O)[C@@H](O)[C@H]1O. The van der Waals surface area contributed by atoms with Crippen LogP contribution >= 0.6 is 23.5 Å². The molecule has 2 aliphatic rings. The first-order valence-corrected chi connectivity index (χ1v) is 17.0. The zero-order valence-electron chi connectivity index (χ0n) is 23.1. The minimum absolute atomic E-state index is 0.0856. The number of hydrogen-bond donors (Lipinski definition) is 12. The monoisotopic (exact) mass is 728 g/mol. The molecule has 0 spiro atoms. The molecule has 46 heavy (non-hydrogen) atoms. The topological polar surface area (TPSA) is 398 Å². The Labute approximate surface area is 256 Å². The number of phosphoric acid groups is 3. The van der Waals surface area contributed by atoms with Gasteiger partial charge < -0.3 is 70.5 Å². The summed E-state index contributed by atoms with van der Waals surface area (Å²) < 4.78 is 56.3. The lowest BCUT2D eigenvalue weighted by Crippen LogP contribution is -2.64. The fraction of sp³-hybridized carbons (Fsp3) is 0.667. The van der Waals surface area contributed by atoms with E-state index in [-0.39, 0.29) is 17.0 Å². The molecular formula is C18H31N6O19P3. The molecule has 2 saturated heterocycles. The van der Waals surface area contributed by atoms with Crippen molar-refractivity contribution >= 4 is 46.4 Å². The van der Waals surface area contributed by atoms with Gasteiger partial charge in [-0.15, -0.1) is 0 Å². The summed E-state index contributed by atoms with van der Waals surface area (Å²) in [7, 11) is -15.2. The molecule has 2 aromatic rings. The van der Waals surface area contributed by atoms with E-state index < -0.39 is 97.8 Å². The maximum atomic E-state index is 11.5. The van der Waals surface area contributed by atoms with Crippen molar-refractivity contribution in [2.45, 2.75) is 62.1 Å². The van der Waals surface area contributed by atoms with Crippen molar-refractivity contribution in [2.75, 3.05) is 18.9 Å². The van der Waals surface area contributed by atoms with E-state index in [0.717, 1.165) is 13.3 Å². The summed E-state index contributed by atoms with van der Waals surface area (Å²) in [6.45, 7) is -0.395. The zero-order valence-corrected chi connectivity index (χ0v) is 25.8. The number of anilines is 1. The number of aliphatic hydroxyl groups excluding tert-OH is 5. The summed E-state index contributed by atoms with van der Waals surface area (Å²) in [4.78, 5) is 66.0. The number of nitrogens with two attached hydrogens (primary N) is 1. The molecule has 1 amide bonds. The maximum Gasteiger partial charge on any atom is 0.481 e. The van der Waals surface area contributed by atoms with Crippen molar-refractivity contribution in [2.24, 2.45) is 0 Å². The average molecular weight is 728 g/mol. The molecule has 0 bridgehead atoms. The normalized spacial score (nSPS) is 31.6. The van der Waals surface area contributed by atoms with Gasteiger partial charge in [0.15, 0.2) is 24.0 Å². The molecule has 2 unspecified atom stereocenters. The van der Waals surface area contributed by atoms with Crippen molar-refractivity contribution < 1.29 is 91.3 Å². The number of fused-ring (bicyclic) bond motifs is 1. The van der Waals surface area contributed by atoms with Crippen LogP contribution in [0.4, 0.5) is 5.82 Å². The van der Waals surface area contributed by atoms with Crippen LogP contribution in [0.5, 0.6) is 0 Å². The minimum atomic E-state index is -5.29. The second kappa shape index (κ2) is 15.0. The first kappa shape index (κ1) is 38.4. The summed E-state index contributed by atoms with van der Waals surface area (Å²) >= 11 is 0. The third kappa shape index (κ3) is 10.2. The van der Waals surface area contributed by atoms with Crippen LogP contribution < -0.4 is 11.1 Å². The van der Waals surface area contributed by atoms with Crippen LogP contribution in [0.2, 0.25) is 0 Å². The van der Waals surface area contributed by atoms with E-state index in [1.165, 1.54) is 10.9 Å². The van der Waals surface area contributed by atoms with Gasteiger partial charge in [-0.2, -0.15) is 4.31 Å². The number of nitrogens with zero attached hydrogens (tertiary/aromatic N) is 4. The Morgan fingerprint density at radius 3 is 2.07 bits per heavy atom. The van der Waals surface area contributed by atoms with E-state index >= 15 is 0 Å². The molecule has 13 N–H and O–H groups in total. The summed E-state index contributed by atoms with van der Waals surface area (Å²) in [5.74, 6) is -0.466. The molecule has 0 saturated carbocycles. The first-order chi connectivity index (χ1) is 21.1. The van der Waals surface area contributed by atoms with E-state index in [4.69, 9.17) is 34.8 Å². The summed E-state index contributed by atoms with van der Waals surface area (Å²) in [5.41, 5.74) is 6.11. The van der Waals surface area contributed by atoms with Crippen LogP contribution in [-0.2, 0) is 41.3 Å². The van der Waals surface area contributed by atoms with Gasteiger partial charge in [-0.1, -0.05) is 0 Å². The van der Waals surface area contributed by atoms with Crippen LogP contribution in [-0.4, -0.2) is 138 Å². The standard InChI is InChI=1S/C10H15N5O10P2.C8H16NO9P/c11-8-5-9(13-2-12-8)15(3-14-5)10-7(17)6(16)4(24-10)1-23-27(21,22)25-26(18,19)20;1-3(10)9-5-7(12)6(11)4(18-8(5)13)2-17-19(14,15)16/h2-4,6-7,10,16-17H,1H2,(H,21,22)(H2,11,12,13)(H2,18,19,20);4-8,11-13H,2H2,1H3,(H,9,10)(H2,14,15,16)/t4-,6-,7-,10-;4-,5-,6-,7-,8?/m11/s1. The highest BCUT2D eigenvalue weighted by Crippen LogP contribution is 2.57. The van der Waals surface area contributed by atoms with Crippen LogP contribution in [0.25, 0.3) is 11.2 Å². The number of phosphoric ester groups is 2. The Balaban J connectivity index is 0.000000268. The second-order valence-corrected chi connectivity index (χ2v) is 13.6. The highest BCUT2D eigenvalue weighted by Gasteiger charge is 2.47. The number of rotatable bonds is 10. The van der Waals surface area contributed by atoms with E-state index in [1.54, 1.807) is 0 Å². The van der Waals surface area contributed by atoms with E-state index in [0.29, 0.717) is 0 Å². The van der Waals surface area contributed by atoms with Gasteiger partial charge in [0, 0.05) is 6.92 Å². The van der Waals surface area contributed by atoms with Crippen LogP contribution in [0, 0.1) is 0 Å². The molecule has 2 aliphatic heterocycles. The Morgan fingerprint density at radius 2 is 1.48 bits per heavy atom. The summed E-state index contributed by atoms with van der Waals surface area (Å²) in [5, 5.41) is 51.4. The third-order valence-electron chi connectivity index (χ3n) is 6.11. The fourth-order valence-electron chi connectivity index (χ4n) is 4.12. The van der Waals surface area contributed by atoms with E-state index in [9.17, 15) is 48.9 Å². The largest absolute Gasteiger partial charge is 0.481 e. The Kier molecular flexibility index (Phi) is 12.5. The van der Waals surface area contributed by atoms with Gasteiger partial charge >= 0.3 is 23.5 Å².